The Morgan fingerprint density at radius 2 is 1.00 bits per heavy atom. The molecule has 0 saturated carbocycles. The third-order valence-electron chi connectivity index (χ3n) is 0. The zero-order valence-corrected chi connectivity index (χ0v) is 4.73. The van der Waals surface area contributed by atoms with Gasteiger partial charge in [-0.05, 0) is 11.0 Å². The lowest BCUT2D eigenvalue weighted by atomic mass is 11.8. The lowest BCUT2D eigenvalue weighted by Gasteiger charge is -1.67. The Balaban J connectivity index is 0. The topological polar surface area (TPSA) is 0 Å². The van der Waals surface area contributed by atoms with Gasteiger partial charge in [-0.2, -0.15) is 0 Å². The summed E-state index contributed by atoms with van der Waals surface area (Å²) in [6, 6.07) is 0. The molecule has 32 valence electrons. The zero-order chi connectivity index (χ0) is 3.58. The predicted octanol–water partition coefficient (Wildman–Crippen LogP) is -0.0810. The highest BCUT2D eigenvalue weighted by molar-refractivity contribution is 6.54. The van der Waals surface area contributed by atoms with Gasteiger partial charge in [0.1, 0.15) is 0 Å². The van der Waals surface area contributed by atoms with Gasteiger partial charge < -0.3 is 0 Å². The van der Waals surface area contributed by atoms with E-state index in [0.717, 1.165) is 0 Å². The zero-order valence-electron chi connectivity index (χ0n) is 3.58. The van der Waals surface area contributed by atoms with E-state index in [4.69, 9.17) is 0 Å². The summed E-state index contributed by atoms with van der Waals surface area (Å²) in [6.45, 7) is 0. The van der Waals surface area contributed by atoms with Gasteiger partial charge in [-0.1, -0.05) is 0 Å². The lowest BCUT2D eigenvalue weighted by Crippen LogP contribution is -1.84. The molecule has 0 radical (unpaired) electrons. The molecule has 0 saturated heterocycles. The van der Waals surface area contributed by atoms with Crippen molar-refractivity contribution in [1.29, 1.82) is 0 Å². The van der Waals surface area contributed by atoms with Gasteiger partial charge in [0.15, 0.2) is 0 Å². The minimum Gasteiger partial charge on any atom is -0.106 e. The fourth-order valence-electron chi connectivity index (χ4n) is 0. The Morgan fingerprint density at radius 3 is 1.00 bits per heavy atom. The number of hydrogen-bond acceptors (Lipinski definition) is 0. The van der Waals surface area contributed by atoms with Gasteiger partial charge in [-0.15, -0.1) is 17.4 Å². The summed E-state index contributed by atoms with van der Waals surface area (Å²) in [4.78, 5) is 0. The van der Waals surface area contributed by atoms with E-state index < -0.39 is 0 Å². The Kier molecular flexibility index (Phi) is 8.76. The minimum atomic E-state index is -0.139. The van der Waals surface area contributed by atoms with E-state index in [1.807, 2.05) is 0 Å². The summed E-state index contributed by atoms with van der Waals surface area (Å²) in [5.41, 5.74) is 0. The largest absolute Gasteiger partial charge is 0.251 e. The van der Waals surface area contributed by atoms with E-state index in [1.54, 1.807) is 0 Å². The Labute approximate surface area is 43.0 Å². The fourth-order valence-corrected chi connectivity index (χ4v) is 0. The second kappa shape index (κ2) is 4.75. The smallest absolute Gasteiger partial charge is 0.106 e. The first-order valence-electron chi connectivity index (χ1n) is 1.73. The number of rotatable bonds is 0. The molecule has 0 bridgehead atoms. The summed E-state index contributed by atoms with van der Waals surface area (Å²) in [5, 5.41) is 0. The van der Waals surface area contributed by atoms with Crippen LogP contribution in [0.4, 0.5) is 0 Å². The molecule has 0 aliphatic heterocycles. The van der Waals surface area contributed by atoms with E-state index >= 15 is 0 Å². The van der Waals surface area contributed by atoms with Crippen molar-refractivity contribution in [2.75, 3.05) is 0 Å². The first-order chi connectivity index (χ1) is 1.73. The highest BCUT2D eigenvalue weighted by Gasteiger charge is 1.81. The van der Waals surface area contributed by atoms with Crippen LogP contribution in [0, 0.1) is 0 Å². The molecule has 0 atom stereocenters. The molecule has 0 heterocycles. The molecule has 0 aromatic carbocycles. The third-order valence-corrected chi connectivity index (χ3v) is 0. The minimum absolute atomic E-state index is 0. The first-order valence-corrected chi connectivity index (χ1v) is 5.20. The standard InChI is InChI=1S/3CH3.Al.H4Si/h3*1H3;;1H4. The highest BCUT2D eigenvalue weighted by Crippen LogP contribution is 1.68. The van der Waals surface area contributed by atoms with Crippen molar-refractivity contribution in [3.8, 4) is 0 Å². The average Bonchev–Trinajstić information content (AvgIpc) is 0.811. The van der Waals surface area contributed by atoms with Crippen LogP contribution in [0.3, 0.4) is 0 Å². The second-order valence-electron chi connectivity index (χ2n) is 1.73. The maximum Gasteiger partial charge on any atom is 0.251 e. The molecule has 0 aliphatic rings. The van der Waals surface area contributed by atoms with Crippen molar-refractivity contribution in [2.24, 2.45) is 0 Å². The fraction of sp³-hybridized carbons (Fsp3) is 1.00. The van der Waals surface area contributed by atoms with Gasteiger partial charge in [0.05, 0.1) is 0 Å². The molecule has 0 spiro atoms. The van der Waals surface area contributed by atoms with E-state index in [0.29, 0.717) is 0 Å². The molecule has 0 aliphatic carbocycles. The highest BCUT2D eigenvalue weighted by atomic mass is 28.1. The molecule has 0 unspecified atom stereocenters. The van der Waals surface area contributed by atoms with Crippen LogP contribution in [-0.4, -0.2) is 25.1 Å². The Morgan fingerprint density at radius 1 is 1.00 bits per heavy atom. The van der Waals surface area contributed by atoms with Crippen molar-refractivity contribution in [2.45, 2.75) is 17.4 Å². The summed E-state index contributed by atoms with van der Waals surface area (Å²) in [7, 11) is 0. The Hall–Kier alpha value is 0.749. The van der Waals surface area contributed by atoms with Gasteiger partial charge in [-0.25, -0.2) is 0 Å². The molecule has 0 nitrogen and oxygen atoms in total. The van der Waals surface area contributed by atoms with E-state index in [1.165, 1.54) is 0 Å². The average molecular weight is 104 g/mol. The van der Waals surface area contributed by atoms with Crippen molar-refractivity contribution < 1.29 is 0 Å². The molecule has 0 amide bonds. The van der Waals surface area contributed by atoms with Crippen molar-refractivity contribution in [1.82, 2.24) is 0 Å². The normalized spacial score (nSPS) is 5.40. The van der Waals surface area contributed by atoms with Gasteiger partial charge in [0.2, 0.25) is 0 Å². The predicted molar refractivity (Wildman–Crippen MR) is 34.7 cm³/mol. The molecular weight excluding hydrogens is 91.1 g/mol. The van der Waals surface area contributed by atoms with Crippen molar-refractivity contribution in [3.05, 3.63) is 0 Å². The van der Waals surface area contributed by atoms with Crippen LogP contribution in [0.15, 0.2) is 0 Å². The molecule has 0 N–H and O–H groups in total. The summed E-state index contributed by atoms with van der Waals surface area (Å²) < 4.78 is 0. The quantitative estimate of drug-likeness (QED) is 0.377. The van der Waals surface area contributed by atoms with E-state index in [-0.39, 0.29) is 25.1 Å². The van der Waals surface area contributed by atoms with Gasteiger partial charge in [0.25, 0.3) is 14.1 Å². The Bertz CT molecular complexity index is 11.6. The van der Waals surface area contributed by atoms with Crippen LogP contribution >= 0.6 is 0 Å². The number of hydrogen-bond donors (Lipinski definition) is 0. The van der Waals surface area contributed by atoms with Crippen LogP contribution in [-0.2, 0) is 0 Å². The summed E-state index contributed by atoms with van der Waals surface area (Å²) in [5.74, 6) is 6.92. The van der Waals surface area contributed by atoms with Crippen LogP contribution in [0.1, 0.15) is 0 Å². The molecule has 0 aromatic rings. The van der Waals surface area contributed by atoms with E-state index in [9.17, 15) is 0 Å². The SMILES string of the molecule is [CH3][Al]([CH3])[CH3].[SiH4]. The first kappa shape index (κ1) is 9.23. The molecule has 2 heteroatoms. The van der Waals surface area contributed by atoms with Gasteiger partial charge in [-0.3, -0.25) is 0 Å². The lowest BCUT2D eigenvalue weighted by molar-refractivity contribution is 1.91. The molecular formula is C3H13AlSi. The maximum absolute atomic E-state index is 2.31. The second-order valence-corrected chi connectivity index (χ2v) is 5.20. The van der Waals surface area contributed by atoms with Crippen LogP contribution < -0.4 is 0 Å². The van der Waals surface area contributed by atoms with Gasteiger partial charge in [0, 0.05) is 0 Å². The van der Waals surface area contributed by atoms with Gasteiger partial charge >= 0.3 is 0 Å². The summed E-state index contributed by atoms with van der Waals surface area (Å²) >= 11 is -0.139. The third kappa shape index (κ3) is 63.9. The van der Waals surface area contributed by atoms with Crippen molar-refractivity contribution in [3.63, 3.8) is 0 Å². The molecule has 0 rings (SSSR count). The van der Waals surface area contributed by atoms with Crippen LogP contribution in [0.5, 0.6) is 0 Å². The molecule has 0 aromatic heterocycles. The van der Waals surface area contributed by atoms with Crippen LogP contribution in [0.2, 0.25) is 17.4 Å². The molecule has 5 heavy (non-hydrogen) atoms. The van der Waals surface area contributed by atoms with E-state index in [2.05, 4.69) is 17.4 Å². The van der Waals surface area contributed by atoms with Crippen molar-refractivity contribution >= 4 is 25.1 Å². The maximum atomic E-state index is 2.31. The summed E-state index contributed by atoms with van der Waals surface area (Å²) in [6.07, 6.45) is 0. The monoisotopic (exact) mass is 104 g/mol. The van der Waals surface area contributed by atoms with Crippen LogP contribution in [0.25, 0.3) is 0 Å². The molecule has 0 fully saturated rings.